The normalized spacial score (nSPS) is 12.1. The maximum Gasteiger partial charge on any atom is 0.228 e. The van der Waals surface area contributed by atoms with Crippen LogP contribution in [0.1, 0.15) is 30.0 Å². The monoisotopic (exact) mass is 244 g/mol. The third-order valence-electron chi connectivity index (χ3n) is 2.84. The number of nitrogens with one attached hydrogen (secondary N) is 1. The second kappa shape index (κ2) is 5.49. The molecular formula is C14H16N2O2. The average Bonchev–Trinajstić information content (AvgIpc) is 2.76. The smallest absolute Gasteiger partial charge is 0.228 e. The van der Waals surface area contributed by atoms with E-state index in [1.54, 1.807) is 0 Å². The predicted octanol–water partition coefficient (Wildman–Crippen LogP) is 2.40. The largest absolute Gasteiger partial charge is 0.448 e. The minimum absolute atomic E-state index is 0.0121. The van der Waals surface area contributed by atoms with Gasteiger partial charge in [-0.15, -0.1) is 0 Å². The molecule has 2 rings (SSSR count). The Hall–Kier alpha value is -2.10. The van der Waals surface area contributed by atoms with Gasteiger partial charge in [-0.25, -0.2) is 4.98 Å². The lowest BCUT2D eigenvalue weighted by molar-refractivity contribution is -0.121. The van der Waals surface area contributed by atoms with Crippen molar-refractivity contribution in [3.05, 3.63) is 53.7 Å². The van der Waals surface area contributed by atoms with E-state index in [0.717, 1.165) is 11.3 Å². The molecule has 0 saturated carbocycles. The third kappa shape index (κ3) is 2.97. The van der Waals surface area contributed by atoms with Gasteiger partial charge in [0.15, 0.2) is 6.39 Å². The van der Waals surface area contributed by atoms with Gasteiger partial charge in [-0.2, -0.15) is 0 Å². The predicted molar refractivity (Wildman–Crippen MR) is 67.9 cm³/mol. The first kappa shape index (κ1) is 12.4. The molecule has 2 aromatic rings. The lowest BCUT2D eigenvalue weighted by Gasteiger charge is -2.13. The molecule has 1 N–H and O–H groups in total. The van der Waals surface area contributed by atoms with Gasteiger partial charge < -0.3 is 9.73 Å². The first-order valence-corrected chi connectivity index (χ1v) is 5.90. The number of nitrogens with zero attached hydrogens (tertiary/aromatic N) is 1. The molecule has 0 aliphatic rings. The van der Waals surface area contributed by atoms with E-state index in [4.69, 9.17) is 4.42 Å². The van der Waals surface area contributed by atoms with Crippen LogP contribution in [0.4, 0.5) is 0 Å². The lowest BCUT2D eigenvalue weighted by atomic mass is 10.1. The highest BCUT2D eigenvalue weighted by Gasteiger charge is 2.13. The van der Waals surface area contributed by atoms with Crippen LogP contribution in [-0.2, 0) is 11.2 Å². The SMILES string of the molecule is Cc1ncoc1CC(=O)NC(C)c1ccccc1. The van der Waals surface area contributed by atoms with Gasteiger partial charge in [0.25, 0.3) is 0 Å². The van der Waals surface area contributed by atoms with Crippen LogP contribution in [0.25, 0.3) is 0 Å². The number of oxazole rings is 1. The van der Waals surface area contributed by atoms with Crippen LogP contribution in [0, 0.1) is 6.92 Å². The number of benzene rings is 1. The summed E-state index contributed by atoms with van der Waals surface area (Å²) in [7, 11) is 0. The Bertz CT molecular complexity index is 520. The number of aryl methyl sites for hydroxylation is 1. The summed E-state index contributed by atoms with van der Waals surface area (Å²) in [6, 6.07) is 9.84. The summed E-state index contributed by atoms with van der Waals surface area (Å²) in [5.41, 5.74) is 1.85. The molecule has 0 radical (unpaired) electrons. The van der Waals surface area contributed by atoms with Crippen LogP contribution >= 0.6 is 0 Å². The van der Waals surface area contributed by atoms with Crippen LogP contribution in [0.2, 0.25) is 0 Å². The van der Waals surface area contributed by atoms with Crippen molar-refractivity contribution in [1.29, 1.82) is 0 Å². The first-order valence-electron chi connectivity index (χ1n) is 5.90. The van der Waals surface area contributed by atoms with E-state index in [1.807, 2.05) is 44.2 Å². The van der Waals surface area contributed by atoms with Crippen LogP contribution in [0.15, 0.2) is 41.1 Å². The molecule has 0 aliphatic heterocycles. The fourth-order valence-corrected chi connectivity index (χ4v) is 1.76. The molecule has 1 aromatic heterocycles. The third-order valence-corrected chi connectivity index (χ3v) is 2.84. The van der Waals surface area contributed by atoms with E-state index in [1.165, 1.54) is 6.39 Å². The molecule has 4 heteroatoms. The van der Waals surface area contributed by atoms with Gasteiger partial charge >= 0.3 is 0 Å². The van der Waals surface area contributed by atoms with Crippen molar-refractivity contribution in [2.45, 2.75) is 26.3 Å². The Morgan fingerprint density at radius 3 is 2.72 bits per heavy atom. The molecular weight excluding hydrogens is 228 g/mol. The van der Waals surface area contributed by atoms with E-state index in [-0.39, 0.29) is 18.4 Å². The Balaban J connectivity index is 1.94. The average molecular weight is 244 g/mol. The van der Waals surface area contributed by atoms with Crippen molar-refractivity contribution in [3.63, 3.8) is 0 Å². The standard InChI is InChI=1S/C14H16N2O2/c1-10(12-6-4-3-5-7-12)16-14(17)8-13-11(2)15-9-18-13/h3-7,9-10H,8H2,1-2H3,(H,16,17). The molecule has 1 heterocycles. The number of rotatable bonds is 4. The molecule has 94 valence electrons. The van der Waals surface area contributed by atoms with E-state index in [2.05, 4.69) is 10.3 Å². The fraction of sp³-hybridized carbons (Fsp3) is 0.286. The van der Waals surface area contributed by atoms with E-state index < -0.39 is 0 Å². The Labute approximate surface area is 106 Å². The van der Waals surface area contributed by atoms with Gasteiger partial charge in [0, 0.05) is 0 Å². The Morgan fingerprint density at radius 2 is 2.11 bits per heavy atom. The van der Waals surface area contributed by atoms with Gasteiger partial charge in [-0.05, 0) is 19.4 Å². The molecule has 0 fully saturated rings. The van der Waals surface area contributed by atoms with Crippen LogP contribution < -0.4 is 5.32 Å². The minimum Gasteiger partial charge on any atom is -0.448 e. The molecule has 0 saturated heterocycles. The molecule has 0 aliphatic carbocycles. The van der Waals surface area contributed by atoms with Crippen LogP contribution in [0.5, 0.6) is 0 Å². The summed E-state index contributed by atoms with van der Waals surface area (Å²) in [6.07, 6.45) is 1.58. The second-order valence-corrected chi connectivity index (χ2v) is 4.24. The Morgan fingerprint density at radius 1 is 1.39 bits per heavy atom. The highest BCUT2D eigenvalue weighted by atomic mass is 16.3. The van der Waals surface area contributed by atoms with Crippen molar-refractivity contribution in [1.82, 2.24) is 10.3 Å². The topological polar surface area (TPSA) is 55.1 Å². The second-order valence-electron chi connectivity index (χ2n) is 4.24. The summed E-state index contributed by atoms with van der Waals surface area (Å²) in [5, 5.41) is 2.93. The van der Waals surface area contributed by atoms with E-state index >= 15 is 0 Å². The van der Waals surface area contributed by atoms with Gasteiger partial charge in [0.2, 0.25) is 5.91 Å². The molecule has 1 aromatic carbocycles. The summed E-state index contributed by atoms with van der Waals surface area (Å²) in [4.78, 5) is 15.8. The summed E-state index contributed by atoms with van der Waals surface area (Å²) >= 11 is 0. The zero-order valence-electron chi connectivity index (χ0n) is 10.5. The minimum atomic E-state index is -0.0637. The van der Waals surface area contributed by atoms with Crippen LogP contribution in [-0.4, -0.2) is 10.9 Å². The van der Waals surface area contributed by atoms with Crippen molar-refractivity contribution in [2.75, 3.05) is 0 Å². The maximum absolute atomic E-state index is 11.8. The number of aromatic nitrogens is 1. The zero-order chi connectivity index (χ0) is 13.0. The highest BCUT2D eigenvalue weighted by molar-refractivity contribution is 5.78. The van der Waals surface area contributed by atoms with Crippen molar-refractivity contribution >= 4 is 5.91 Å². The number of carbonyl (C=O) groups is 1. The van der Waals surface area contributed by atoms with Gasteiger partial charge in [-0.1, -0.05) is 30.3 Å². The molecule has 4 nitrogen and oxygen atoms in total. The van der Waals surface area contributed by atoms with E-state index in [0.29, 0.717) is 5.76 Å². The van der Waals surface area contributed by atoms with Crippen molar-refractivity contribution < 1.29 is 9.21 Å². The zero-order valence-corrected chi connectivity index (χ0v) is 10.5. The van der Waals surface area contributed by atoms with Gasteiger partial charge in [-0.3, -0.25) is 4.79 Å². The molecule has 0 bridgehead atoms. The van der Waals surface area contributed by atoms with Crippen molar-refractivity contribution in [3.8, 4) is 0 Å². The highest BCUT2D eigenvalue weighted by Crippen LogP contribution is 2.12. The molecule has 1 amide bonds. The quantitative estimate of drug-likeness (QED) is 0.898. The maximum atomic E-state index is 11.8. The van der Waals surface area contributed by atoms with Gasteiger partial charge in [0.1, 0.15) is 5.76 Å². The molecule has 1 unspecified atom stereocenters. The Kier molecular flexibility index (Phi) is 3.77. The molecule has 1 atom stereocenters. The summed E-state index contributed by atoms with van der Waals surface area (Å²) in [6.45, 7) is 3.78. The lowest BCUT2D eigenvalue weighted by Crippen LogP contribution is -2.28. The van der Waals surface area contributed by atoms with Crippen LogP contribution in [0.3, 0.4) is 0 Å². The molecule has 0 spiro atoms. The number of hydrogen-bond donors (Lipinski definition) is 1. The fourth-order valence-electron chi connectivity index (χ4n) is 1.76. The summed E-state index contributed by atoms with van der Waals surface area (Å²) < 4.78 is 5.15. The van der Waals surface area contributed by atoms with Gasteiger partial charge in [0.05, 0.1) is 18.2 Å². The van der Waals surface area contributed by atoms with E-state index in [9.17, 15) is 4.79 Å². The number of hydrogen-bond acceptors (Lipinski definition) is 3. The number of carbonyl (C=O) groups excluding carboxylic acids is 1. The summed E-state index contributed by atoms with van der Waals surface area (Å²) in [5.74, 6) is 0.555. The first-order chi connectivity index (χ1) is 8.66. The van der Waals surface area contributed by atoms with Crippen molar-refractivity contribution in [2.24, 2.45) is 0 Å². The molecule has 18 heavy (non-hydrogen) atoms. The number of amides is 1.